The Labute approximate surface area is 148 Å². The van der Waals surface area contributed by atoms with Crippen molar-refractivity contribution in [3.8, 4) is 11.5 Å². The summed E-state index contributed by atoms with van der Waals surface area (Å²) in [4.78, 5) is 20.7. The molecule has 0 fully saturated rings. The molecule has 25 heavy (non-hydrogen) atoms. The van der Waals surface area contributed by atoms with Crippen molar-refractivity contribution in [2.24, 2.45) is 7.05 Å². The Morgan fingerprint density at radius 2 is 2.12 bits per heavy atom. The van der Waals surface area contributed by atoms with Gasteiger partial charge < -0.3 is 14.8 Å². The normalized spacial score (nSPS) is 10.7. The lowest BCUT2D eigenvalue weighted by Gasteiger charge is -2.11. The molecule has 1 N–H and O–H groups in total. The van der Waals surface area contributed by atoms with Gasteiger partial charge in [-0.1, -0.05) is 11.8 Å². The van der Waals surface area contributed by atoms with E-state index in [0.29, 0.717) is 22.2 Å². The van der Waals surface area contributed by atoms with Gasteiger partial charge in [-0.15, -0.1) is 0 Å². The number of carbonyl (C=O) groups is 1. The Hall–Kier alpha value is -2.81. The Bertz CT molecular complexity index is 912. The third-order valence-electron chi connectivity index (χ3n) is 3.51. The number of hydrogen-bond acceptors (Lipinski definition) is 7. The molecule has 0 unspecified atom stereocenters. The second-order valence-electron chi connectivity index (χ2n) is 5.09. The maximum atomic E-state index is 12.3. The van der Waals surface area contributed by atoms with E-state index in [1.54, 1.807) is 43.3 Å². The summed E-state index contributed by atoms with van der Waals surface area (Å²) in [5, 5.41) is 8.53. The first-order valence-electron chi connectivity index (χ1n) is 7.39. The molecule has 2 heterocycles. The summed E-state index contributed by atoms with van der Waals surface area (Å²) in [5.74, 6) is 1.22. The third-order valence-corrected chi connectivity index (χ3v) is 4.52. The molecule has 0 aliphatic heterocycles. The van der Waals surface area contributed by atoms with Gasteiger partial charge in [0.25, 0.3) is 0 Å². The number of hydrogen-bond donors (Lipinski definition) is 1. The number of methoxy groups -OCH3 is 2. The van der Waals surface area contributed by atoms with Gasteiger partial charge in [0.05, 0.1) is 37.2 Å². The Morgan fingerprint density at radius 3 is 2.88 bits per heavy atom. The molecule has 1 amide bonds. The fourth-order valence-corrected chi connectivity index (χ4v) is 3.05. The van der Waals surface area contributed by atoms with Crippen LogP contribution in [0.2, 0.25) is 0 Å². The van der Waals surface area contributed by atoms with Crippen molar-refractivity contribution in [2.75, 3.05) is 25.3 Å². The zero-order chi connectivity index (χ0) is 17.8. The number of rotatable bonds is 6. The van der Waals surface area contributed by atoms with E-state index in [1.165, 1.54) is 18.1 Å². The first-order valence-corrected chi connectivity index (χ1v) is 8.38. The summed E-state index contributed by atoms with van der Waals surface area (Å²) in [7, 11) is 4.93. The molecule has 0 bridgehead atoms. The minimum absolute atomic E-state index is 0.174. The Morgan fingerprint density at radius 1 is 1.28 bits per heavy atom. The molecule has 130 valence electrons. The topological polar surface area (TPSA) is 91.2 Å². The maximum Gasteiger partial charge on any atom is 0.234 e. The van der Waals surface area contributed by atoms with Crippen LogP contribution < -0.4 is 14.8 Å². The quantitative estimate of drug-likeness (QED) is 0.532. The number of amides is 1. The van der Waals surface area contributed by atoms with Crippen LogP contribution in [0.15, 0.2) is 35.7 Å². The van der Waals surface area contributed by atoms with Crippen LogP contribution in [0.3, 0.4) is 0 Å². The van der Waals surface area contributed by atoms with Crippen LogP contribution in [-0.2, 0) is 11.8 Å². The van der Waals surface area contributed by atoms with Gasteiger partial charge in [0.15, 0.2) is 5.65 Å². The highest BCUT2D eigenvalue weighted by atomic mass is 32.2. The number of aryl methyl sites for hydroxylation is 1. The molecule has 0 aliphatic rings. The van der Waals surface area contributed by atoms with E-state index in [9.17, 15) is 4.79 Å². The minimum Gasteiger partial charge on any atom is -0.497 e. The Kier molecular flexibility index (Phi) is 5.03. The maximum absolute atomic E-state index is 12.3. The van der Waals surface area contributed by atoms with Crippen LogP contribution in [0, 0.1) is 0 Å². The third kappa shape index (κ3) is 3.66. The van der Waals surface area contributed by atoms with E-state index in [1.807, 2.05) is 7.05 Å². The number of ether oxygens (including phenoxy) is 2. The predicted octanol–water partition coefficient (Wildman–Crippen LogP) is 2.11. The number of carbonyl (C=O) groups excluding carboxylic acids is 1. The van der Waals surface area contributed by atoms with Gasteiger partial charge in [0, 0.05) is 13.1 Å². The van der Waals surface area contributed by atoms with Crippen LogP contribution >= 0.6 is 11.8 Å². The number of nitrogens with one attached hydrogen (secondary N) is 1. The summed E-state index contributed by atoms with van der Waals surface area (Å²) in [6.07, 6.45) is 3.16. The van der Waals surface area contributed by atoms with Crippen LogP contribution in [0.25, 0.3) is 11.0 Å². The van der Waals surface area contributed by atoms with Crippen LogP contribution in [0.1, 0.15) is 0 Å². The lowest BCUT2D eigenvalue weighted by molar-refractivity contribution is -0.113. The molecule has 3 rings (SSSR count). The van der Waals surface area contributed by atoms with Crippen molar-refractivity contribution in [2.45, 2.75) is 5.03 Å². The highest BCUT2D eigenvalue weighted by Gasteiger charge is 2.13. The lowest BCUT2D eigenvalue weighted by atomic mass is 10.2. The number of anilines is 1. The van der Waals surface area contributed by atoms with Crippen molar-refractivity contribution in [3.05, 3.63) is 30.7 Å². The van der Waals surface area contributed by atoms with Crippen LogP contribution in [0.4, 0.5) is 5.69 Å². The second-order valence-corrected chi connectivity index (χ2v) is 6.05. The van der Waals surface area contributed by atoms with Crippen molar-refractivity contribution < 1.29 is 14.3 Å². The smallest absolute Gasteiger partial charge is 0.234 e. The van der Waals surface area contributed by atoms with E-state index in [-0.39, 0.29) is 11.7 Å². The monoisotopic (exact) mass is 359 g/mol. The van der Waals surface area contributed by atoms with Gasteiger partial charge in [-0.25, -0.2) is 9.97 Å². The fourth-order valence-electron chi connectivity index (χ4n) is 2.29. The number of fused-ring (bicyclic) bond motifs is 1. The van der Waals surface area contributed by atoms with Crippen LogP contribution in [0.5, 0.6) is 11.5 Å². The van der Waals surface area contributed by atoms with E-state index >= 15 is 0 Å². The average molecular weight is 359 g/mol. The van der Waals surface area contributed by atoms with E-state index in [0.717, 1.165) is 11.0 Å². The summed E-state index contributed by atoms with van der Waals surface area (Å²) in [6.45, 7) is 0. The number of nitrogens with zero attached hydrogens (tertiary/aromatic N) is 4. The van der Waals surface area contributed by atoms with Gasteiger partial charge in [0.1, 0.15) is 22.9 Å². The molecule has 0 atom stereocenters. The zero-order valence-corrected chi connectivity index (χ0v) is 14.8. The van der Waals surface area contributed by atoms with Gasteiger partial charge in [0.2, 0.25) is 5.91 Å². The fraction of sp³-hybridized carbons (Fsp3) is 0.250. The van der Waals surface area contributed by atoms with Crippen molar-refractivity contribution >= 4 is 34.4 Å². The summed E-state index contributed by atoms with van der Waals surface area (Å²) >= 11 is 1.33. The molecule has 1 aromatic carbocycles. The molecule has 0 aliphatic carbocycles. The lowest BCUT2D eigenvalue weighted by Crippen LogP contribution is -2.15. The number of benzene rings is 1. The molecule has 9 heteroatoms. The summed E-state index contributed by atoms with van der Waals surface area (Å²) < 4.78 is 12.1. The average Bonchev–Trinajstić information content (AvgIpc) is 3.01. The molecule has 0 saturated carbocycles. The van der Waals surface area contributed by atoms with Gasteiger partial charge in [-0.3, -0.25) is 9.48 Å². The molecule has 3 aromatic rings. The first-order chi connectivity index (χ1) is 12.1. The molecule has 8 nitrogen and oxygen atoms in total. The molecule has 0 saturated heterocycles. The largest absolute Gasteiger partial charge is 0.497 e. The van der Waals surface area contributed by atoms with Crippen molar-refractivity contribution in [1.82, 2.24) is 19.7 Å². The van der Waals surface area contributed by atoms with Gasteiger partial charge >= 0.3 is 0 Å². The van der Waals surface area contributed by atoms with E-state index < -0.39 is 0 Å². The SMILES string of the molecule is COc1ccc(OC)c(NC(=O)CSc2ncnc3c2cnn3C)c1. The predicted molar refractivity (Wildman–Crippen MR) is 95.2 cm³/mol. The van der Waals surface area contributed by atoms with E-state index in [2.05, 4.69) is 20.4 Å². The van der Waals surface area contributed by atoms with E-state index in [4.69, 9.17) is 9.47 Å². The summed E-state index contributed by atoms with van der Waals surface area (Å²) in [5.41, 5.74) is 1.29. The first kappa shape index (κ1) is 17.0. The standard InChI is InChI=1S/C16H17N5O3S/c1-21-15-11(7-19-21)16(18-9-17-15)25-8-14(22)20-12-6-10(23-2)4-5-13(12)24-3/h4-7,9H,8H2,1-3H3,(H,20,22). The minimum atomic E-state index is -0.174. The molecule has 0 spiro atoms. The highest BCUT2D eigenvalue weighted by molar-refractivity contribution is 8.00. The van der Waals surface area contributed by atoms with Gasteiger partial charge in [-0.05, 0) is 12.1 Å². The van der Waals surface area contributed by atoms with Crippen LogP contribution in [-0.4, -0.2) is 45.6 Å². The zero-order valence-electron chi connectivity index (χ0n) is 14.0. The molecular weight excluding hydrogens is 342 g/mol. The number of aromatic nitrogens is 4. The Balaban J connectivity index is 1.71. The molecular formula is C16H17N5O3S. The molecule has 0 radical (unpaired) electrons. The van der Waals surface area contributed by atoms with Gasteiger partial charge in [-0.2, -0.15) is 5.10 Å². The highest BCUT2D eigenvalue weighted by Crippen LogP contribution is 2.29. The van der Waals surface area contributed by atoms with Crippen molar-refractivity contribution in [1.29, 1.82) is 0 Å². The van der Waals surface area contributed by atoms with Crippen molar-refractivity contribution in [3.63, 3.8) is 0 Å². The second kappa shape index (κ2) is 7.39. The summed E-state index contributed by atoms with van der Waals surface area (Å²) in [6, 6.07) is 5.22. The number of thioether (sulfide) groups is 1. The molecule has 2 aromatic heterocycles.